The van der Waals surface area contributed by atoms with Crippen LogP contribution in [0.15, 0.2) is 41.8 Å². The molecule has 0 radical (unpaired) electrons. The molecule has 1 aromatic carbocycles. The van der Waals surface area contributed by atoms with Gasteiger partial charge in [-0.05, 0) is 42.0 Å². The van der Waals surface area contributed by atoms with Crippen LogP contribution in [0.1, 0.15) is 16.9 Å². The van der Waals surface area contributed by atoms with Crippen molar-refractivity contribution in [1.29, 1.82) is 0 Å². The van der Waals surface area contributed by atoms with Crippen molar-refractivity contribution < 1.29 is 9.18 Å². The lowest BCUT2D eigenvalue weighted by Crippen LogP contribution is -2.25. The summed E-state index contributed by atoms with van der Waals surface area (Å²) in [5.74, 6) is -0.239. The number of hydrogen-bond acceptors (Lipinski definition) is 2. The first kappa shape index (κ1) is 13.7. The SMILES string of the molecule is O=C(CCc1cccc(F)c1)NCCc1cccs1. The van der Waals surface area contributed by atoms with Gasteiger partial charge in [0.1, 0.15) is 5.82 Å². The van der Waals surface area contributed by atoms with Crippen LogP contribution >= 0.6 is 11.3 Å². The molecule has 1 heterocycles. The summed E-state index contributed by atoms with van der Waals surface area (Å²) < 4.78 is 13.0. The maximum atomic E-state index is 13.0. The highest BCUT2D eigenvalue weighted by Gasteiger charge is 2.03. The molecule has 0 atom stereocenters. The Labute approximate surface area is 116 Å². The van der Waals surface area contributed by atoms with Crippen molar-refractivity contribution in [2.45, 2.75) is 19.3 Å². The predicted octanol–water partition coefficient (Wildman–Crippen LogP) is 3.18. The van der Waals surface area contributed by atoms with Gasteiger partial charge in [-0.15, -0.1) is 11.3 Å². The minimum atomic E-state index is -0.254. The van der Waals surface area contributed by atoms with E-state index in [1.807, 2.05) is 17.5 Å². The molecule has 19 heavy (non-hydrogen) atoms. The lowest BCUT2D eigenvalue weighted by molar-refractivity contribution is -0.121. The highest BCUT2D eigenvalue weighted by Crippen LogP contribution is 2.08. The van der Waals surface area contributed by atoms with Gasteiger partial charge in [-0.2, -0.15) is 0 Å². The molecule has 2 rings (SSSR count). The van der Waals surface area contributed by atoms with Crippen molar-refractivity contribution in [3.8, 4) is 0 Å². The molecule has 100 valence electrons. The second-order valence-electron chi connectivity index (χ2n) is 4.31. The van der Waals surface area contributed by atoms with Gasteiger partial charge in [-0.3, -0.25) is 4.79 Å². The van der Waals surface area contributed by atoms with Crippen LogP contribution in [0.4, 0.5) is 4.39 Å². The van der Waals surface area contributed by atoms with Crippen LogP contribution in [-0.2, 0) is 17.6 Å². The van der Waals surface area contributed by atoms with E-state index in [-0.39, 0.29) is 11.7 Å². The number of carbonyl (C=O) groups excluding carboxylic acids is 1. The van der Waals surface area contributed by atoms with Crippen LogP contribution in [0.25, 0.3) is 0 Å². The summed E-state index contributed by atoms with van der Waals surface area (Å²) in [6.45, 7) is 0.655. The molecule has 1 aromatic heterocycles. The monoisotopic (exact) mass is 277 g/mol. The van der Waals surface area contributed by atoms with Crippen molar-refractivity contribution in [3.63, 3.8) is 0 Å². The van der Waals surface area contributed by atoms with Crippen LogP contribution in [0.2, 0.25) is 0 Å². The smallest absolute Gasteiger partial charge is 0.220 e. The zero-order valence-corrected chi connectivity index (χ0v) is 11.4. The number of amides is 1. The molecule has 0 aliphatic carbocycles. The normalized spacial score (nSPS) is 10.4. The number of benzene rings is 1. The van der Waals surface area contributed by atoms with Crippen LogP contribution in [0.5, 0.6) is 0 Å². The maximum Gasteiger partial charge on any atom is 0.220 e. The average Bonchev–Trinajstić information content (AvgIpc) is 2.90. The van der Waals surface area contributed by atoms with Gasteiger partial charge in [-0.1, -0.05) is 18.2 Å². The van der Waals surface area contributed by atoms with Crippen LogP contribution in [-0.4, -0.2) is 12.5 Å². The van der Waals surface area contributed by atoms with Crippen molar-refractivity contribution in [3.05, 3.63) is 58.0 Å². The molecule has 0 unspecified atom stereocenters. The van der Waals surface area contributed by atoms with Gasteiger partial charge in [0.25, 0.3) is 0 Å². The molecule has 0 aliphatic heterocycles. The molecule has 2 aromatic rings. The third kappa shape index (κ3) is 4.83. The summed E-state index contributed by atoms with van der Waals surface area (Å²) in [6, 6.07) is 10.4. The van der Waals surface area contributed by atoms with E-state index in [2.05, 4.69) is 11.4 Å². The molecule has 0 spiro atoms. The fraction of sp³-hybridized carbons (Fsp3) is 0.267. The molecule has 1 N–H and O–H groups in total. The standard InChI is InChI=1S/C15H16FNOS/c16-13-4-1-3-12(11-13)6-7-15(18)17-9-8-14-5-2-10-19-14/h1-5,10-11H,6-9H2,(H,17,18). The lowest BCUT2D eigenvalue weighted by Gasteiger charge is -2.04. The summed E-state index contributed by atoms with van der Waals surface area (Å²) in [7, 11) is 0. The van der Waals surface area contributed by atoms with E-state index in [4.69, 9.17) is 0 Å². The summed E-state index contributed by atoms with van der Waals surface area (Å²) in [4.78, 5) is 12.9. The minimum absolute atomic E-state index is 0.0146. The Morgan fingerprint density at radius 1 is 1.21 bits per heavy atom. The second-order valence-corrected chi connectivity index (χ2v) is 5.34. The van der Waals surface area contributed by atoms with E-state index < -0.39 is 0 Å². The van der Waals surface area contributed by atoms with Gasteiger partial charge in [-0.25, -0.2) is 4.39 Å². The molecule has 1 amide bonds. The number of thiophene rings is 1. The van der Waals surface area contributed by atoms with E-state index in [9.17, 15) is 9.18 Å². The highest BCUT2D eigenvalue weighted by atomic mass is 32.1. The fourth-order valence-electron chi connectivity index (χ4n) is 1.82. The first-order chi connectivity index (χ1) is 9.24. The van der Waals surface area contributed by atoms with E-state index in [1.54, 1.807) is 17.4 Å². The Morgan fingerprint density at radius 3 is 2.84 bits per heavy atom. The fourth-order valence-corrected chi connectivity index (χ4v) is 2.53. The van der Waals surface area contributed by atoms with Crippen LogP contribution in [0, 0.1) is 5.82 Å². The van der Waals surface area contributed by atoms with Crippen LogP contribution in [0.3, 0.4) is 0 Å². The lowest BCUT2D eigenvalue weighted by atomic mass is 10.1. The Hall–Kier alpha value is -1.68. The van der Waals surface area contributed by atoms with Gasteiger partial charge in [0.2, 0.25) is 5.91 Å². The molecule has 4 heteroatoms. The Kier molecular flexibility index (Phi) is 5.10. The first-order valence-corrected chi connectivity index (χ1v) is 7.15. The molecule has 2 nitrogen and oxygen atoms in total. The number of rotatable bonds is 6. The summed E-state index contributed by atoms with van der Waals surface area (Å²) in [5, 5.41) is 4.91. The Bertz CT molecular complexity index is 525. The van der Waals surface area contributed by atoms with Crippen molar-refractivity contribution >= 4 is 17.2 Å². The van der Waals surface area contributed by atoms with E-state index >= 15 is 0 Å². The number of carbonyl (C=O) groups is 1. The van der Waals surface area contributed by atoms with Gasteiger partial charge >= 0.3 is 0 Å². The van der Waals surface area contributed by atoms with Gasteiger partial charge in [0.15, 0.2) is 0 Å². The summed E-state index contributed by atoms with van der Waals surface area (Å²) in [5.41, 5.74) is 0.855. The molecule has 0 fully saturated rings. The topological polar surface area (TPSA) is 29.1 Å². The molecule has 0 bridgehead atoms. The molecular formula is C15H16FNOS. The van der Waals surface area contributed by atoms with Gasteiger partial charge in [0.05, 0.1) is 0 Å². The summed E-state index contributed by atoms with van der Waals surface area (Å²) >= 11 is 1.69. The van der Waals surface area contributed by atoms with E-state index in [0.717, 1.165) is 12.0 Å². The third-order valence-corrected chi connectivity index (χ3v) is 3.74. The van der Waals surface area contributed by atoms with E-state index in [1.165, 1.54) is 17.0 Å². The number of halogens is 1. The predicted molar refractivity (Wildman–Crippen MR) is 75.8 cm³/mol. The van der Waals surface area contributed by atoms with Crippen molar-refractivity contribution in [2.75, 3.05) is 6.54 Å². The second kappa shape index (κ2) is 7.04. The number of nitrogens with one attached hydrogen (secondary N) is 1. The minimum Gasteiger partial charge on any atom is -0.356 e. The Morgan fingerprint density at radius 2 is 2.11 bits per heavy atom. The average molecular weight is 277 g/mol. The maximum absolute atomic E-state index is 13.0. The van der Waals surface area contributed by atoms with Crippen LogP contribution < -0.4 is 5.32 Å². The summed E-state index contributed by atoms with van der Waals surface area (Å²) in [6.07, 6.45) is 1.83. The quantitative estimate of drug-likeness (QED) is 0.863. The first-order valence-electron chi connectivity index (χ1n) is 6.27. The van der Waals surface area contributed by atoms with Crippen molar-refractivity contribution in [1.82, 2.24) is 5.32 Å². The van der Waals surface area contributed by atoms with Crippen molar-refractivity contribution in [2.24, 2.45) is 0 Å². The Balaban J connectivity index is 1.67. The largest absolute Gasteiger partial charge is 0.356 e. The van der Waals surface area contributed by atoms with E-state index in [0.29, 0.717) is 19.4 Å². The molecule has 0 saturated heterocycles. The highest BCUT2D eigenvalue weighted by molar-refractivity contribution is 7.09. The zero-order chi connectivity index (χ0) is 13.5. The molecule has 0 saturated carbocycles. The molecule has 0 aliphatic rings. The third-order valence-electron chi connectivity index (χ3n) is 2.80. The number of aryl methyl sites for hydroxylation is 1. The molecular weight excluding hydrogens is 261 g/mol. The van der Waals surface area contributed by atoms with Gasteiger partial charge in [0, 0.05) is 17.8 Å². The zero-order valence-electron chi connectivity index (χ0n) is 10.6. The van der Waals surface area contributed by atoms with Gasteiger partial charge < -0.3 is 5.32 Å². The number of hydrogen-bond donors (Lipinski definition) is 1.